The Hall–Kier alpha value is -0.160. The molecule has 0 aromatic rings. The van der Waals surface area contributed by atoms with Crippen molar-refractivity contribution in [3.8, 4) is 0 Å². The molecule has 0 amide bonds. The Bertz CT molecular complexity index is 120. The maximum absolute atomic E-state index is 5.41. The topological polar surface area (TPSA) is 33.7 Å². The van der Waals surface area contributed by atoms with E-state index in [-0.39, 0.29) is 0 Å². The highest BCUT2D eigenvalue weighted by Gasteiger charge is 1.97. The zero-order valence-corrected chi connectivity index (χ0v) is 11.1. The minimum Gasteiger partial charge on any atom is -0.382 e. The summed E-state index contributed by atoms with van der Waals surface area (Å²) in [6.07, 6.45) is 3.85. The van der Waals surface area contributed by atoms with Crippen molar-refractivity contribution in [1.82, 2.24) is 10.2 Å². The minimum atomic E-state index is 0.688. The second-order valence-corrected chi connectivity index (χ2v) is 4.07. The molecule has 4 nitrogen and oxygen atoms in total. The van der Waals surface area contributed by atoms with Gasteiger partial charge in [0.1, 0.15) is 0 Å². The molecule has 0 aliphatic heterocycles. The molecular weight excluding hydrogens is 204 g/mol. The van der Waals surface area contributed by atoms with Crippen LogP contribution in [-0.2, 0) is 9.47 Å². The number of ether oxygens (including phenoxy) is 2. The van der Waals surface area contributed by atoms with Gasteiger partial charge in [0, 0.05) is 13.7 Å². The number of likely N-dealkylation sites (N-methyl/N-ethyl adjacent to an activating group) is 1. The molecule has 0 spiro atoms. The first-order valence-corrected chi connectivity index (χ1v) is 6.21. The van der Waals surface area contributed by atoms with Crippen LogP contribution in [0.4, 0.5) is 0 Å². The number of methoxy groups -OCH3 is 1. The van der Waals surface area contributed by atoms with Gasteiger partial charge in [-0.3, -0.25) is 0 Å². The van der Waals surface area contributed by atoms with Crippen LogP contribution >= 0.6 is 0 Å². The number of rotatable bonds is 12. The lowest BCUT2D eigenvalue weighted by Crippen LogP contribution is -2.25. The SMILES string of the molecule is CNCCCCCN(C)CCOCCOC. The van der Waals surface area contributed by atoms with Crippen molar-refractivity contribution in [2.24, 2.45) is 0 Å². The van der Waals surface area contributed by atoms with Crippen molar-refractivity contribution in [3.63, 3.8) is 0 Å². The van der Waals surface area contributed by atoms with Gasteiger partial charge in [0.05, 0.1) is 19.8 Å². The molecule has 0 aromatic carbocycles. The predicted molar refractivity (Wildman–Crippen MR) is 68.0 cm³/mol. The van der Waals surface area contributed by atoms with E-state index in [4.69, 9.17) is 9.47 Å². The van der Waals surface area contributed by atoms with E-state index >= 15 is 0 Å². The average Bonchev–Trinajstić information content (AvgIpc) is 2.28. The van der Waals surface area contributed by atoms with Gasteiger partial charge in [0.2, 0.25) is 0 Å². The molecule has 0 saturated carbocycles. The highest BCUT2D eigenvalue weighted by atomic mass is 16.5. The van der Waals surface area contributed by atoms with Crippen molar-refractivity contribution in [2.45, 2.75) is 19.3 Å². The second-order valence-electron chi connectivity index (χ2n) is 4.07. The van der Waals surface area contributed by atoms with Gasteiger partial charge in [-0.25, -0.2) is 0 Å². The summed E-state index contributed by atoms with van der Waals surface area (Å²) in [5, 5.41) is 3.16. The molecule has 4 heteroatoms. The van der Waals surface area contributed by atoms with Gasteiger partial charge in [0.25, 0.3) is 0 Å². The zero-order chi connectivity index (χ0) is 12.1. The molecule has 0 aliphatic rings. The third-order valence-electron chi connectivity index (χ3n) is 2.52. The molecule has 0 aliphatic carbocycles. The normalized spacial score (nSPS) is 11.2. The van der Waals surface area contributed by atoms with E-state index in [1.807, 2.05) is 7.05 Å². The van der Waals surface area contributed by atoms with Gasteiger partial charge < -0.3 is 19.7 Å². The number of hydrogen-bond donors (Lipinski definition) is 1. The molecule has 16 heavy (non-hydrogen) atoms. The summed E-state index contributed by atoms with van der Waals surface area (Å²) in [7, 11) is 5.85. The van der Waals surface area contributed by atoms with Gasteiger partial charge in [-0.2, -0.15) is 0 Å². The fourth-order valence-electron chi connectivity index (χ4n) is 1.44. The fraction of sp³-hybridized carbons (Fsp3) is 1.00. The van der Waals surface area contributed by atoms with Gasteiger partial charge in [-0.15, -0.1) is 0 Å². The monoisotopic (exact) mass is 232 g/mol. The van der Waals surface area contributed by atoms with Gasteiger partial charge in [-0.05, 0) is 40.0 Å². The summed E-state index contributed by atoms with van der Waals surface area (Å²) in [5.74, 6) is 0. The Labute approximate surface area is 100 Å². The molecule has 0 bridgehead atoms. The average molecular weight is 232 g/mol. The van der Waals surface area contributed by atoms with Crippen LogP contribution in [0, 0.1) is 0 Å². The number of unbranched alkanes of at least 4 members (excludes halogenated alkanes) is 2. The highest BCUT2D eigenvalue weighted by Crippen LogP contribution is 1.96. The predicted octanol–water partition coefficient (Wildman–Crippen LogP) is 0.971. The quantitative estimate of drug-likeness (QED) is 0.508. The molecule has 0 saturated heterocycles. The first kappa shape index (κ1) is 15.8. The Kier molecular flexibility index (Phi) is 12.8. The maximum atomic E-state index is 5.41. The zero-order valence-electron chi connectivity index (χ0n) is 11.1. The summed E-state index contributed by atoms with van der Waals surface area (Å²) in [5.41, 5.74) is 0. The lowest BCUT2D eigenvalue weighted by atomic mass is 10.2. The van der Waals surface area contributed by atoms with Crippen LogP contribution < -0.4 is 5.32 Å². The molecule has 0 aromatic heterocycles. The third kappa shape index (κ3) is 11.9. The molecule has 0 radical (unpaired) electrons. The molecule has 98 valence electrons. The summed E-state index contributed by atoms with van der Waals surface area (Å²) in [4.78, 5) is 2.33. The van der Waals surface area contributed by atoms with Crippen LogP contribution in [-0.4, -0.2) is 65.6 Å². The molecule has 0 fully saturated rings. The molecule has 0 unspecified atom stereocenters. The van der Waals surface area contributed by atoms with Gasteiger partial charge in [0.15, 0.2) is 0 Å². The lowest BCUT2D eigenvalue weighted by molar-refractivity contribution is 0.0604. The number of nitrogens with one attached hydrogen (secondary N) is 1. The van der Waals surface area contributed by atoms with E-state index in [0.717, 1.165) is 26.2 Å². The Morgan fingerprint density at radius 1 is 1.00 bits per heavy atom. The molecule has 0 rings (SSSR count). The molecule has 1 N–H and O–H groups in total. The van der Waals surface area contributed by atoms with E-state index in [0.29, 0.717) is 13.2 Å². The first-order valence-electron chi connectivity index (χ1n) is 6.21. The van der Waals surface area contributed by atoms with E-state index in [2.05, 4.69) is 17.3 Å². The van der Waals surface area contributed by atoms with Crippen molar-refractivity contribution in [1.29, 1.82) is 0 Å². The maximum Gasteiger partial charge on any atom is 0.0700 e. The Morgan fingerprint density at radius 3 is 2.50 bits per heavy atom. The van der Waals surface area contributed by atoms with Crippen LogP contribution in [0.1, 0.15) is 19.3 Å². The van der Waals surface area contributed by atoms with Gasteiger partial charge >= 0.3 is 0 Å². The number of nitrogens with zero attached hydrogens (tertiary/aromatic N) is 1. The van der Waals surface area contributed by atoms with Crippen molar-refractivity contribution in [2.75, 3.05) is 60.7 Å². The van der Waals surface area contributed by atoms with E-state index in [9.17, 15) is 0 Å². The van der Waals surface area contributed by atoms with Crippen LogP contribution in [0.15, 0.2) is 0 Å². The molecule has 0 atom stereocenters. The van der Waals surface area contributed by atoms with Crippen molar-refractivity contribution >= 4 is 0 Å². The fourth-order valence-corrected chi connectivity index (χ4v) is 1.44. The summed E-state index contributed by atoms with van der Waals surface area (Å²) in [6.45, 7) is 5.49. The van der Waals surface area contributed by atoms with E-state index in [1.54, 1.807) is 7.11 Å². The summed E-state index contributed by atoms with van der Waals surface area (Å²) >= 11 is 0. The standard InChI is InChI=1S/C12H28N2O2/c1-13-7-5-4-6-8-14(2)9-10-16-12-11-15-3/h13H,4-12H2,1-3H3. The largest absolute Gasteiger partial charge is 0.382 e. The van der Waals surface area contributed by atoms with Crippen molar-refractivity contribution < 1.29 is 9.47 Å². The first-order chi connectivity index (χ1) is 7.81. The minimum absolute atomic E-state index is 0.688. The molecule has 0 heterocycles. The van der Waals surface area contributed by atoms with Crippen LogP contribution in [0.5, 0.6) is 0 Å². The van der Waals surface area contributed by atoms with E-state index < -0.39 is 0 Å². The summed E-state index contributed by atoms with van der Waals surface area (Å²) in [6, 6.07) is 0. The second kappa shape index (κ2) is 12.9. The van der Waals surface area contributed by atoms with Crippen LogP contribution in [0.2, 0.25) is 0 Å². The number of hydrogen-bond acceptors (Lipinski definition) is 4. The van der Waals surface area contributed by atoms with Gasteiger partial charge in [-0.1, -0.05) is 6.42 Å². The lowest BCUT2D eigenvalue weighted by Gasteiger charge is -2.16. The smallest absolute Gasteiger partial charge is 0.0700 e. The molecular formula is C12H28N2O2. The van der Waals surface area contributed by atoms with Crippen LogP contribution in [0.3, 0.4) is 0 Å². The van der Waals surface area contributed by atoms with Crippen LogP contribution in [0.25, 0.3) is 0 Å². The van der Waals surface area contributed by atoms with E-state index in [1.165, 1.54) is 19.3 Å². The Balaban J connectivity index is 3.09. The highest BCUT2D eigenvalue weighted by molar-refractivity contribution is 4.52. The van der Waals surface area contributed by atoms with Crippen molar-refractivity contribution in [3.05, 3.63) is 0 Å². The summed E-state index contributed by atoms with van der Waals surface area (Å²) < 4.78 is 10.3. The third-order valence-corrected chi connectivity index (χ3v) is 2.52. The Morgan fingerprint density at radius 2 is 1.81 bits per heavy atom.